The maximum atomic E-state index is 10.9. The van der Waals surface area contributed by atoms with Crippen molar-refractivity contribution in [3.8, 4) is 22.8 Å². The fourth-order valence-electron chi connectivity index (χ4n) is 2.31. The number of hydrogen-bond acceptors (Lipinski definition) is 7. The Hall–Kier alpha value is -3.06. The molecular formula is C18H15N2O4S-. The van der Waals surface area contributed by atoms with Gasteiger partial charge in [-0.3, -0.25) is 0 Å². The summed E-state index contributed by atoms with van der Waals surface area (Å²) in [6.07, 6.45) is 0. The zero-order valence-corrected chi connectivity index (χ0v) is 14.4. The van der Waals surface area contributed by atoms with Crippen LogP contribution < -0.4 is 19.9 Å². The van der Waals surface area contributed by atoms with Crippen molar-refractivity contribution in [1.29, 1.82) is 0 Å². The number of ether oxygens (including phenoxy) is 2. The molecule has 0 fully saturated rings. The first-order valence-corrected chi connectivity index (χ1v) is 8.25. The largest absolute Gasteiger partial charge is 0.545 e. The fourth-order valence-corrected chi connectivity index (χ4v) is 3.05. The predicted octanol–water partition coefficient (Wildman–Crippen LogP) is 2.93. The molecule has 2 aromatic carbocycles. The van der Waals surface area contributed by atoms with Crippen molar-refractivity contribution in [1.82, 2.24) is 4.98 Å². The van der Waals surface area contributed by atoms with Crippen molar-refractivity contribution in [2.24, 2.45) is 0 Å². The summed E-state index contributed by atoms with van der Waals surface area (Å²) in [6, 6.07) is 12.0. The predicted molar refractivity (Wildman–Crippen MR) is 94.7 cm³/mol. The third-order valence-corrected chi connectivity index (χ3v) is 4.29. The summed E-state index contributed by atoms with van der Waals surface area (Å²) in [5.74, 6) is 0.0666. The van der Waals surface area contributed by atoms with Crippen molar-refractivity contribution in [3.63, 3.8) is 0 Å². The first-order chi connectivity index (χ1) is 12.1. The lowest BCUT2D eigenvalue weighted by Gasteiger charge is -2.08. The number of aromatic nitrogens is 1. The van der Waals surface area contributed by atoms with Gasteiger partial charge < -0.3 is 24.7 Å². The summed E-state index contributed by atoms with van der Waals surface area (Å²) >= 11 is 1.42. The Balaban J connectivity index is 1.83. The van der Waals surface area contributed by atoms with E-state index >= 15 is 0 Å². The monoisotopic (exact) mass is 355 g/mol. The van der Waals surface area contributed by atoms with Crippen LogP contribution in [0.4, 0.5) is 10.8 Å². The van der Waals surface area contributed by atoms with Crippen LogP contribution in [0.3, 0.4) is 0 Å². The molecule has 0 spiro atoms. The van der Waals surface area contributed by atoms with Gasteiger partial charge in [0.25, 0.3) is 0 Å². The van der Waals surface area contributed by atoms with Gasteiger partial charge in [0.05, 0.1) is 25.9 Å². The number of carbonyl (C=O) groups is 1. The number of carboxylic acid groups (broad SMARTS) is 1. The van der Waals surface area contributed by atoms with E-state index in [-0.39, 0.29) is 5.56 Å². The van der Waals surface area contributed by atoms with Crippen LogP contribution in [-0.4, -0.2) is 25.2 Å². The average molecular weight is 355 g/mol. The Kier molecular flexibility index (Phi) is 4.85. The minimum Gasteiger partial charge on any atom is -0.545 e. The number of methoxy groups -OCH3 is 2. The number of carboxylic acids is 1. The topological polar surface area (TPSA) is 83.5 Å². The van der Waals surface area contributed by atoms with E-state index in [1.165, 1.54) is 23.5 Å². The zero-order chi connectivity index (χ0) is 17.8. The molecule has 1 aromatic heterocycles. The third kappa shape index (κ3) is 3.72. The third-order valence-electron chi connectivity index (χ3n) is 3.53. The first-order valence-electron chi connectivity index (χ1n) is 7.37. The van der Waals surface area contributed by atoms with E-state index in [0.29, 0.717) is 22.3 Å². The molecule has 0 amide bonds. The highest BCUT2D eigenvalue weighted by Crippen LogP contribution is 2.34. The molecule has 0 saturated heterocycles. The molecule has 3 rings (SSSR count). The van der Waals surface area contributed by atoms with E-state index in [1.807, 2.05) is 23.6 Å². The van der Waals surface area contributed by atoms with Crippen LogP contribution in [0.2, 0.25) is 0 Å². The highest BCUT2D eigenvalue weighted by atomic mass is 32.1. The van der Waals surface area contributed by atoms with Crippen LogP contribution in [0.5, 0.6) is 11.5 Å². The van der Waals surface area contributed by atoms with Gasteiger partial charge in [0, 0.05) is 16.6 Å². The number of aromatic carboxylic acids is 1. The maximum absolute atomic E-state index is 10.9. The molecule has 1 heterocycles. The number of anilines is 2. The second kappa shape index (κ2) is 7.23. The summed E-state index contributed by atoms with van der Waals surface area (Å²) in [5, 5.41) is 16.6. The van der Waals surface area contributed by atoms with Crippen LogP contribution >= 0.6 is 11.3 Å². The maximum Gasteiger partial charge on any atom is 0.187 e. The van der Waals surface area contributed by atoms with E-state index in [2.05, 4.69) is 10.3 Å². The van der Waals surface area contributed by atoms with Gasteiger partial charge in [-0.1, -0.05) is 12.1 Å². The van der Waals surface area contributed by atoms with E-state index in [0.717, 1.165) is 11.3 Å². The molecule has 0 saturated carbocycles. The normalized spacial score (nSPS) is 10.3. The van der Waals surface area contributed by atoms with Crippen LogP contribution in [0.25, 0.3) is 11.3 Å². The number of nitrogens with zero attached hydrogens (tertiary/aromatic N) is 1. The lowest BCUT2D eigenvalue weighted by Crippen LogP contribution is -2.22. The first kappa shape index (κ1) is 16.8. The zero-order valence-electron chi connectivity index (χ0n) is 13.6. The summed E-state index contributed by atoms with van der Waals surface area (Å²) in [4.78, 5) is 15.5. The highest BCUT2D eigenvalue weighted by molar-refractivity contribution is 7.14. The molecule has 128 valence electrons. The molecule has 6 nitrogen and oxygen atoms in total. The van der Waals surface area contributed by atoms with Gasteiger partial charge in [-0.15, -0.1) is 11.3 Å². The second-order valence-corrected chi connectivity index (χ2v) is 5.96. The molecule has 0 aliphatic carbocycles. The molecule has 3 aromatic rings. The van der Waals surface area contributed by atoms with Gasteiger partial charge in [0.2, 0.25) is 0 Å². The summed E-state index contributed by atoms with van der Waals surface area (Å²) in [6.45, 7) is 0. The second-order valence-electron chi connectivity index (χ2n) is 5.10. The molecule has 0 aliphatic heterocycles. The van der Waals surface area contributed by atoms with Crippen molar-refractivity contribution in [2.45, 2.75) is 0 Å². The van der Waals surface area contributed by atoms with E-state index in [4.69, 9.17) is 9.47 Å². The number of hydrogen-bond donors (Lipinski definition) is 1. The molecule has 0 aliphatic rings. The molecule has 0 bridgehead atoms. The van der Waals surface area contributed by atoms with E-state index < -0.39 is 5.97 Å². The van der Waals surface area contributed by atoms with Crippen molar-refractivity contribution in [3.05, 3.63) is 53.4 Å². The minimum absolute atomic E-state index is 0.113. The van der Waals surface area contributed by atoms with Crippen LogP contribution in [-0.2, 0) is 0 Å². The fraction of sp³-hybridized carbons (Fsp3) is 0.111. The van der Waals surface area contributed by atoms with E-state index in [1.54, 1.807) is 26.4 Å². The van der Waals surface area contributed by atoms with Crippen LogP contribution in [0.1, 0.15) is 10.4 Å². The molecule has 7 heteroatoms. The summed E-state index contributed by atoms with van der Waals surface area (Å²) in [5.41, 5.74) is 2.42. The SMILES string of the molecule is COc1ccc(-c2csc(Nc3cccc(C(=O)[O-])c3)n2)cc1OC. The van der Waals surface area contributed by atoms with Gasteiger partial charge in [-0.2, -0.15) is 0 Å². The standard InChI is InChI=1S/C18H16N2O4S/c1-23-15-7-6-11(9-16(15)24-2)14-10-25-18(20-14)19-13-5-3-4-12(8-13)17(21)22/h3-10H,1-2H3,(H,19,20)(H,21,22)/p-1. The van der Waals surface area contributed by atoms with Gasteiger partial charge in [-0.25, -0.2) is 4.98 Å². The quantitative estimate of drug-likeness (QED) is 0.732. The lowest BCUT2D eigenvalue weighted by atomic mass is 10.1. The lowest BCUT2D eigenvalue weighted by molar-refractivity contribution is -0.255. The minimum atomic E-state index is -1.21. The van der Waals surface area contributed by atoms with Gasteiger partial charge >= 0.3 is 0 Å². The van der Waals surface area contributed by atoms with Crippen LogP contribution in [0.15, 0.2) is 47.8 Å². The molecule has 0 atom stereocenters. The Morgan fingerprint density at radius 3 is 2.64 bits per heavy atom. The Labute approximate surface area is 148 Å². The number of carbonyl (C=O) groups excluding carboxylic acids is 1. The van der Waals surface area contributed by atoms with Gasteiger partial charge in [0.1, 0.15) is 0 Å². The Morgan fingerprint density at radius 1 is 1.12 bits per heavy atom. The highest BCUT2D eigenvalue weighted by Gasteiger charge is 2.09. The molecule has 25 heavy (non-hydrogen) atoms. The Bertz CT molecular complexity index is 908. The number of rotatable bonds is 6. The molecular weight excluding hydrogens is 340 g/mol. The average Bonchev–Trinajstić information content (AvgIpc) is 3.09. The van der Waals surface area contributed by atoms with Crippen molar-refractivity contribution < 1.29 is 19.4 Å². The number of nitrogens with one attached hydrogen (secondary N) is 1. The van der Waals surface area contributed by atoms with E-state index in [9.17, 15) is 9.90 Å². The summed E-state index contributed by atoms with van der Waals surface area (Å²) in [7, 11) is 3.17. The van der Waals surface area contributed by atoms with Crippen LogP contribution in [0, 0.1) is 0 Å². The van der Waals surface area contributed by atoms with Crippen molar-refractivity contribution in [2.75, 3.05) is 19.5 Å². The van der Waals surface area contributed by atoms with Gasteiger partial charge in [-0.05, 0) is 35.9 Å². The number of benzene rings is 2. The molecule has 1 N–H and O–H groups in total. The molecule has 0 radical (unpaired) electrons. The smallest absolute Gasteiger partial charge is 0.187 e. The van der Waals surface area contributed by atoms with Crippen molar-refractivity contribution >= 4 is 28.1 Å². The summed E-state index contributed by atoms with van der Waals surface area (Å²) < 4.78 is 10.5. The van der Waals surface area contributed by atoms with Gasteiger partial charge in [0.15, 0.2) is 16.6 Å². The Morgan fingerprint density at radius 2 is 1.92 bits per heavy atom. The number of thiazole rings is 1. The molecule has 0 unspecified atom stereocenters.